The number of nitro benzene ring substituents is 2. The fourth-order valence-electron chi connectivity index (χ4n) is 1.94. The van der Waals surface area contributed by atoms with Crippen molar-refractivity contribution in [2.45, 2.75) is 0 Å². The lowest BCUT2D eigenvalue weighted by Crippen LogP contribution is -2.05. The lowest BCUT2D eigenvalue weighted by molar-refractivity contribution is -0.393. The Morgan fingerprint density at radius 2 is 1.62 bits per heavy atom. The smallest absolute Gasteiger partial charge is 0.336 e. The van der Waals surface area contributed by atoms with Gasteiger partial charge in [0.15, 0.2) is 0 Å². The first-order chi connectivity index (χ1) is 9.91. The van der Waals surface area contributed by atoms with Crippen LogP contribution in [0.1, 0.15) is 10.4 Å². The first-order valence-electron chi connectivity index (χ1n) is 5.67. The van der Waals surface area contributed by atoms with Crippen LogP contribution in [0.2, 0.25) is 0 Å². The number of rotatable bonds is 4. The Labute approximate surface area is 117 Å². The quantitative estimate of drug-likeness (QED) is 0.681. The summed E-state index contributed by atoms with van der Waals surface area (Å²) < 4.78 is 0. The van der Waals surface area contributed by atoms with E-state index in [0.29, 0.717) is 5.56 Å². The third kappa shape index (κ3) is 2.68. The van der Waals surface area contributed by atoms with Crippen LogP contribution in [0.5, 0.6) is 0 Å². The highest BCUT2D eigenvalue weighted by molar-refractivity contribution is 6.00. The molecule has 0 spiro atoms. The normalized spacial score (nSPS) is 10.1. The molecular formula is C13H8N2O6. The molecule has 0 unspecified atom stereocenters. The Morgan fingerprint density at radius 1 is 1.00 bits per heavy atom. The van der Waals surface area contributed by atoms with E-state index < -0.39 is 32.8 Å². The van der Waals surface area contributed by atoms with E-state index in [-0.39, 0.29) is 5.56 Å². The maximum atomic E-state index is 11.3. The number of nitro groups is 2. The molecule has 0 amide bonds. The molecule has 0 bridgehead atoms. The minimum Gasteiger partial charge on any atom is -0.478 e. The van der Waals surface area contributed by atoms with E-state index in [1.165, 1.54) is 12.1 Å². The molecular weight excluding hydrogens is 280 g/mol. The highest BCUT2D eigenvalue weighted by Crippen LogP contribution is 2.36. The zero-order valence-corrected chi connectivity index (χ0v) is 10.4. The molecule has 2 aromatic carbocycles. The predicted molar refractivity (Wildman–Crippen MR) is 72.1 cm³/mol. The van der Waals surface area contributed by atoms with E-state index in [1.807, 2.05) is 0 Å². The maximum Gasteiger partial charge on any atom is 0.336 e. The summed E-state index contributed by atoms with van der Waals surface area (Å²) in [6.45, 7) is 0. The van der Waals surface area contributed by atoms with Gasteiger partial charge in [0.05, 0.1) is 27.0 Å². The highest BCUT2D eigenvalue weighted by atomic mass is 16.6. The first kappa shape index (κ1) is 14.1. The molecule has 106 valence electrons. The topological polar surface area (TPSA) is 124 Å². The van der Waals surface area contributed by atoms with Gasteiger partial charge in [-0.3, -0.25) is 20.2 Å². The van der Waals surface area contributed by atoms with Crippen LogP contribution < -0.4 is 0 Å². The van der Waals surface area contributed by atoms with Gasteiger partial charge in [-0.1, -0.05) is 30.3 Å². The van der Waals surface area contributed by atoms with Crippen LogP contribution in [-0.2, 0) is 0 Å². The lowest BCUT2D eigenvalue weighted by atomic mass is 9.97. The monoisotopic (exact) mass is 288 g/mol. The Morgan fingerprint density at radius 3 is 2.10 bits per heavy atom. The summed E-state index contributed by atoms with van der Waals surface area (Å²) in [7, 11) is 0. The summed E-state index contributed by atoms with van der Waals surface area (Å²) in [6.07, 6.45) is 0. The van der Waals surface area contributed by atoms with Gasteiger partial charge in [-0.05, 0) is 5.56 Å². The predicted octanol–water partition coefficient (Wildman–Crippen LogP) is 2.87. The Bertz CT molecular complexity index is 707. The van der Waals surface area contributed by atoms with Crippen LogP contribution in [0.3, 0.4) is 0 Å². The summed E-state index contributed by atoms with van der Waals surface area (Å²) in [5.41, 5.74) is -1.59. The standard InChI is InChI=1S/C13H8N2O6/c16-13(17)10-6-9(14(18)19)7-11(15(20)21)12(10)8-4-2-1-3-5-8/h1-7H,(H,16,17). The SMILES string of the molecule is O=C(O)c1cc([N+](=O)[O-])cc([N+](=O)[O-])c1-c1ccccc1. The molecule has 0 radical (unpaired) electrons. The number of nitrogens with zero attached hydrogens (tertiary/aromatic N) is 2. The van der Waals surface area contributed by atoms with E-state index in [2.05, 4.69) is 0 Å². The van der Waals surface area contributed by atoms with E-state index >= 15 is 0 Å². The average Bonchev–Trinajstić information content (AvgIpc) is 2.46. The van der Waals surface area contributed by atoms with Crippen molar-refractivity contribution in [3.63, 3.8) is 0 Å². The molecule has 0 atom stereocenters. The molecule has 0 heterocycles. The summed E-state index contributed by atoms with van der Waals surface area (Å²) in [5, 5.41) is 31.1. The fourth-order valence-corrected chi connectivity index (χ4v) is 1.94. The third-order valence-corrected chi connectivity index (χ3v) is 2.80. The van der Waals surface area contributed by atoms with Gasteiger partial charge < -0.3 is 5.11 Å². The van der Waals surface area contributed by atoms with Gasteiger partial charge in [0.1, 0.15) is 0 Å². The number of hydrogen-bond acceptors (Lipinski definition) is 5. The third-order valence-electron chi connectivity index (χ3n) is 2.80. The van der Waals surface area contributed by atoms with Crippen LogP contribution in [0, 0.1) is 20.2 Å². The van der Waals surface area contributed by atoms with Crippen molar-refractivity contribution in [1.29, 1.82) is 0 Å². The number of carboxylic acids is 1. The van der Waals surface area contributed by atoms with Crippen molar-refractivity contribution in [2.75, 3.05) is 0 Å². The molecule has 2 rings (SSSR count). The second-order valence-corrected chi connectivity index (χ2v) is 4.07. The summed E-state index contributed by atoms with van der Waals surface area (Å²) in [5.74, 6) is -1.47. The van der Waals surface area contributed by atoms with Crippen molar-refractivity contribution < 1.29 is 19.7 Å². The molecule has 2 aromatic rings. The molecule has 0 aliphatic rings. The molecule has 21 heavy (non-hydrogen) atoms. The number of hydrogen-bond donors (Lipinski definition) is 1. The van der Waals surface area contributed by atoms with E-state index in [1.54, 1.807) is 18.2 Å². The molecule has 0 aliphatic carbocycles. The number of carboxylic acid groups (broad SMARTS) is 1. The molecule has 0 saturated carbocycles. The summed E-state index contributed by atoms with van der Waals surface area (Å²) in [6, 6.07) is 9.42. The van der Waals surface area contributed by atoms with Crippen LogP contribution in [0.25, 0.3) is 11.1 Å². The second kappa shape index (κ2) is 5.37. The van der Waals surface area contributed by atoms with Gasteiger partial charge in [-0.25, -0.2) is 4.79 Å². The number of non-ortho nitro benzene ring substituents is 1. The molecule has 1 N–H and O–H groups in total. The fraction of sp³-hybridized carbons (Fsp3) is 0. The van der Waals surface area contributed by atoms with Crippen LogP contribution in [0.4, 0.5) is 11.4 Å². The van der Waals surface area contributed by atoms with E-state index in [0.717, 1.165) is 12.1 Å². The van der Waals surface area contributed by atoms with Crippen LogP contribution >= 0.6 is 0 Å². The Hall–Kier alpha value is -3.29. The molecule has 8 nitrogen and oxygen atoms in total. The number of carbonyl (C=O) groups is 1. The van der Waals surface area contributed by atoms with Gasteiger partial charge in [-0.2, -0.15) is 0 Å². The average molecular weight is 288 g/mol. The number of benzene rings is 2. The largest absolute Gasteiger partial charge is 0.478 e. The van der Waals surface area contributed by atoms with Crippen molar-refractivity contribution in [1.82, 2.24) is 0 Å². The van der Waals surface area contributed by atoms with E-state index in [4.69, 9.17) is 0 Å². The van der Waals surface area contributed by atoms with Crippen molar-refractivity contribution in [3.8, 4) is 11.1 Å². The molecule has 8 heteroatoms. The first-order valence-corrected chi connectivity index (χ1v) is 5.67. The van der Waals surface area contributed by atoms with Gasteiger partial charge in [0.25, 0.3) is 11.4 Å². The second-order valence-electron chi connectivity index (χ2n) is 4.07. The van der Waals surface area contributed by atoms with Crippen molar-refractivity contribution in [2.24, 2.45) is 0 Å². The molecule has 0 fully saturated rings. The van der Waals surface area contributed by atoms with E-state index in [9.17, 15) is 30.1 Å². The van der Waals surface area contributed by atoms with Crippen molar-refractivity contribution in [3.05, 3.63) is 68.3 Å². The van der Waals surface area contributed by atoms with Gasteiger partial charge >= 0.3 is 5.97 Å². The Balaban J connectivity index is 2.86. The molecule has 0 saturated heterocycles. The minimum absolute atomic E-state index is 0.154. The van der Waals surface area contributed by atoms with Gasteiger partial charge in [0, 0.05) is 6.07 Å². The highest BCUT2D eigenvalue weighted by Gasteiger charge is 2.27. The zero-order chi connectivity index (χ0) is 15.6. The van der Waals surface area contributed by atoms with Crippen molar-refractivity contribution >= 4 is 17.3 Å². The summed E-state index contributed by atoms with van der Waals surface area (Å²) >= 11 is 0. The minimum atomic E-state index is -1.47. The zero-order valence-electron chi connectivity index (χ0n) is 10.4. The number of aromatic carboxylic acids is 1. The molecule has 0 aliphatic heterocycles. The summed E-state index contributed by atoms with van der Waals surface area (Å²) in [4.78, 5) is 31.5. The van der Waals surface area contributed by atoms with Crippen LogP contribution in [0.15, 0.2) is 42.5 Å². The Kier molecular flexibility index (Phi) is 3.61. The molecule has 0 aromatic heterocycles. The lowest BCUT2D eigenvalue weighted by Gasteiger charge is -2.07. The van der Waals surface area contributed by atoms with Gasteiger partial charge in [0.2, 0.25) is 0 Å². The van der Waals surface area contributed by atoms with Crippen LogP contribution in [-0.4, -0.2) is 20.9 Å². The van der Waals surface area contributed by atoms with Gasteiger partial charge in [-0.15, -0.1) is 0 Å². The maximum absolute atomic E-state index is 11.3.